The van der Waals surface area contributed by atoms with Gasteiger partial charge in [-0.15, -0.1) is 0 Å². The van der Waals surface area contributed by atoms with E-state index in [1.165, 1.54) is 0 Å². The molecule has 0 unspecified atom stereocenters. The van der Waals surface area contributed by atoms with Crippen LogP contribution in [0.1, 0.15) is 27.7 Å². The first-order chi connectivity index (χ1) is 9.73. The molecular weight excluding hydrogens is 278 g/mol. The summed E-state index contributed by atoms with van der Waals surface area (Å²) in [4.78, 5) is 23.8. The fourth-order valence-electron chi connectivity index (χ4n) is 2.21. The SMILES string of the molecule is CCOC(=O)C1=C[C@@H]2O[C@@H]2[C@H](O)[C@H]1NC(=O)OC(C)(C)C. The Bertz CT molecular complexity index is 467. The molecule has 1 amide bonds. The first kappa shape index (κ1) is 15.8. The van der Waals surface area contributed by atoms with Crippen molar-refractivity contribution in [3.63, 3.8) is 0 Å². The Morgan fingerprint density at radius 1 is 1.43 bits per heavy atom. The van der Waals surface area contributed by atoms with Crippen LogP contribution in [-0.2, 0) is 19.0 Å². The Kier molecular flexibility index (Phi) is 4.25. The van der Waals surface area contributed by atoms with E-state index in [1.807, 2.05) is 0 Å². The summed E-state index contributed by atoms with van der Waals surface area (Å²) in [5.74, 6) is -0.577. The number of hydrogen-bond acceptors (Lipinski definition) is 6. The summed E-state index contributed by atoms with van der Waals surface area (Å²) in [5, 5.41) is 12.7. The van der Waals surface area contributed by atoms with Crippen LogP contribution in [0.5, 0.6) is 0 Å². The summed E-state index contributed by atoms with van der Waals surface area (Å²) in [6, 6.07) is -0.900. The lowest BCUT2D eigenvalue weighted by atomic mass is 9.91. The van der Waals surface area contributed by atoms with Gasteiger partial charge in [-0.2, -0.15) is 0 Å². The number of ether oxygens (including phenoxy) is 3. The molecule has 0 aromatic carbocycles. The maximum atomic E-state index is 11.9. The van der Waals surface area contributed by atoms with Crippen molar-refractivity contribution in [1.82, 2.24) is 5.32 Å². The van der Waals surface area contributed by atoms with Gasteiger partial charge < -0.3 is 24.6 Å². The Hall–Kier alpha value is -1.60. The second kappa shape index (κ2) is 5.65. The zero-order valence-corrected chi connectivity index (χ0v) is 12.6. The largest absolute Gasteiger partial charge is 0.463 e. The van der Waals surface area contributed by atoms with Crippen molar-refractivity contribution in [3.8, 4) is 0 Å². The molecule has 21 heavy (non-hydrogen) atoms. The molecule has 0 bridgehead atoms. The van der Waals surface area contributed by atoms with Crippen LogP contribution in [0, 0.1) is 0 Å². The fraction of sp³-hybridized carbons (Fsp3) is 0.714. The highest BCUT2D eigenvalue weighted by atomic mass is 16.6. The smallest absolute Gasteiger partial charge is 0.408 e. The van der Waals surface area contributed by atoms with Crippen LogP contribution >= 0.6 is 0 Å². The number of rotatable bonds is 3. The van der Waals surface area contributed by atoms with E-state index >= 15 is 0 Å². The highest BCUT2D eigenvalue weighted by Crippen LogP contribution is 2.36. The van der Waals surface area contributed by atoms with Gasteiger partial charge in [-0.1, -0.05) is 0 Å². The molecule has 7 nitrogen and oxygen atoms in total. The average Bonchev–Trinajstić information content (AvgIpc) is 3.10. The molecule has 2 rings (SSSR count). The van der Waals surface area contributed by atoms with E-state index in [0.717, 1.165) is 0 Å². The van der Waals surface area contributed by atoms with Gasteiger partial charge in [0.1, 0.15) is 23.9 Å². The van der Waals surface area contributed by atoms with Gasteiger partial charge in [-0.05, 0) is 33.8 Å². The second-order valence-corrected chi connectivity index (χ2v) is 6.02. The predicted octanol–water partition coefficient (Wildman–Crippen LogP) is 0.511. The number of nitrogens with one attached hydrogen (secondary N) is 1. The first-order valence-electron chi connectivity index (χ1n) is 6.95. The van der Waals surface area contributed by atoms with Crippen molar-refractivity contribution in [3.05, 3.63) is 11.6 Å². The second-order valence-electron chi connectivity index (χ2n) is 6.02. The molecule has 118 valence electrons. The van der Waals surface area contributed by atoms with Gasteiger partial charge in [-0.25, -0.2) is 9.59 Å². The Labute approximate surface area is 123 Å². The lowest BCUT2D eigenvalue weighted by Crippen LogP contribution is -2.51. The highest BCUT2D eigenvalue weighted by Gasteiger charge is 2.53. The van der Waals surface area contributed by atoms with E-state index in [4.69, 9.17) is 14.2 Å². The van der Waals surface area contributed by atoms with Crippen molar-refractivity contribution in [2.45, 2.75) is 57.6 Å². The zero-order chi connectivity index (χ0) is 15.8. The van der Waals surface area contributed by atoms with E-state index in [0.29, 0.717) is 0 Å². The number of epoxide rings is 1. The number of fused-ring (bicyclic) bond motifs is 1. The van der Waals surface area contributed by atoms with Crippen LogP contribution in [0.25, 0.3) is 0 Å². The number of aliphatic hydroxyl groups excluding tert-OH is 1. The topological polar surface area (TPSA) is 97.4 Å². The summed E-state index contributed by atoms with van der Waals surface area (Å²) in [5.41, 5.74) is -0.482. The molecule has 1 heterocycles. The molecule has 0 radical (unpaired) electrons. The number of aliphatic hydroxyl groups is 1. The van der Waals surface area contributed by atoms with E-state index < -0.39 is 35.9 Å². The van der Waals surface area contributed by atoms with Gasteiger partial charge in [0.05, 0.1) is 18.2 Å². The van der Waals surface area contributed by atoms with Gasteiger partial charge in [0.25, 0.3) is 0 Å². The summed E-state index contributed by atoms with van der Waals surface area (Å²) in [6.07, 6.45) is -0.829. The first-order valence-corrected chi connectivity index (χ1v) is 6.95. The van der Waals surface area contributed by atoms with Gasteiger partial charge in [0, 0.05) is 0 Å². The van der Waals surface area contributed by atoms with Gasteiger partial charge in [0.15, 0.2) is 0 Å². The van der Waals surface area contributed by atoms with Crippen LogP contribution in [0.15, 0.2) is 11.6 Å². The van der Waals surface area contributed by atoms with E-state index in [-0.39, 0.29) is 18.3 Å². The third-order valence-electron chi connectivity index (χ3n) is 3.10. The molecule has 1 aliphatic heterocycles. The number of alkyl carbamates (subject to hydrolysis) is 1. The highest BCUT2D eigenvalue weighted by molar-refractivity contribution is 5.91. The Morgan fingerprint density at radius 3 is 2.67 bits per heavy atom. The van der Waals surface area contributed by atoms with Gasteiger partial charge >= 0.3 is 12.1 Å². The molecule has 0 aromatic rings. The maximum absolute atomic E-state index is 11.9. The lowest BCUT2D eigenvalue weighted by Gasteiger charge is -2.28. The van der Waals surface area contributed by atoms with Crippen LogP contribution in [0.2, 0.25) is 0 Å². The summed E-state index contributed by atoms with van der Waals surface area (Å²) >= 11 is 0. The van der Waals surface area contributed by atoms with Crippen molar-refractivity contribution in [2.75, 3.05) is 6.61 Å². The van der Waals surface area contributed by atoms with Gasteiger partial charge in [-0.3, -0.25) is 0 Å². The third kappa shape index (κ3) is 3.74. The Morgan fingerprint density at radius 2 is 2.10 bits per heavy atom. The Balaban J connectivity index is 2.10. The molecule has 0 aromatic heterocycles. The van der Waals surface area contributed by atoms with Crippen LogP contribution in [0.4, 0.5) is 4.79 Å². The lowest BCUT2D eigenvalue weighted by molar-refractivity contribution is -0.139. The quantitative estimate of drug-likeness (QED) is 0.582. The van der Waals surface area contributed by atoms with Gasteiger partial charge in [0.2, 0.25) is 0 Å². The third-order valence-corrected chi connectivity index (χ3v) is 3.10. The summed E-state index contributed by atoms with van der Waals surface area (Å²) in [6.45, 7) is 7.08. The summed E-state index contributed by atoms with van der Waals surface area (Å²) < 4.78 is 15.3. The normalized spacial score (nSPS) is 30.8. The predicted molar refractivity (Wildman–Crippen MR) is 72.5 cm³/mol. The molecule has 2 aliphatic rings. The van der Waals surface area contributed by atoms with E-state index in [1.54, 1.807) is 33.8 Å². The molecule has 0 saturated carbocycles. The van der Waals surface area contributed by atoms with E-state index in [2.05, 4.69) is 5.32 Å². The molecule has 2 N–H and O–H groups in total. The minimum absolute atomic E-state index is 0.189. The zero-order valence-electron chi connectivity index (χ0n) is 12.6. The van der Waals surface area contributed by atoms with Crippen molar-refractivity contribution in [1.29, 1.82) is 0 Å². The molecule has 1 saturated heterocycles. The number of amides is 1. The molecule has 7 heteroatoms. The van der Waals surface area contributed by atoms with Crippen molar-refractivity contribution >= 4 is 12.1 Å². The fourth-order valence-corrected chi connectivity index (χ4v) is 2.21. The summed E-state index contributed by atoms with van der Waals surface area (Å²) in [7, 11) is 0. The number of esters is 1. The molecular formula is C14H21NO6. The maximum Gasteiger partial charge on any atom is 0.408 e. The molecule has 4 atom stereocenters. The molecule has 0 spiro atoms. The van der Waals surface area contributed by atoms with Crippen LogP contribution in [0.3, 0.4) is 0 Å². The van der Waals surface area contributed by atoms with Crippen LogP contribution in [-0.4, -0.2) is 53.7 Å². The average molecular weight is 299 g/mol. The minimum atomic E-state index is -1.01. The van der Waals surface area contributed by atoms with Crippen LogP contribution < -0.4 is 5.32 Å². The standard InChI is InChI=1S/C14H21NO6/c1-5-19-12(17)7-6-8-11(20-8)10(16)9(7)15-13(18)21-14(2,3)4/h6,8-11,16H,5H2,1-4H3,(H,15,18)/t8-,9-,10+,11-/m0/s1. The molecule has 1 fully saturated rings. The molecule has 1 aliphatic carbocycles. The number of carbonyl (C=O) groups excluding carboxylic acids is 2. The van der Waals surface area contributed by atoms with E-state index in [9.17, 15) is 14.7 Å². The monoisotopic (exact) mass is 299 g/mol. The number of carbonyl (C=O) groups is 2. The number of hydrogen-bond donors (Lipinski definition) is 2. The van der Waals surface area contributed by atoms with Crippen molar-refractivity contribution < 1.29 is 28.9 Å². The minimum Gasteiger partial charge on any atom is -0.463 e. The van der Waals surface area contributed by atoms with Crippen molar-refractivity contribution in [2.24, 2.45) is 0 Å².